The lowest BCUT2D eigenvalue weighted by molar-refractivity contribution is -0.172. The molecule has 8 rings (SSSR count). The Bertz CT molecular complexity index is 1640. The minimum absolute atomic E-state index is 0.0395. The minimum Gasteiger partial charge on any atom is -0.507 e. The number of fused-ring (bicyclic) bond motifs is 3. The van der Waals surface area contributed by atoms with Crippen molar-refractivity contribution < 1.29 is 38.4 Å². The molecule has 0 aromatic heterocycles. The van der Waals surface area contributed by atoms with Crippen LogP contribution in [-0.2, 0) is 14.3 Å². The smallest absolute Gasteiger partial charge is 0.338 e. The second kappa shape index (κ2) is 8.91. The molecule has 2 fully saturated rings. The number of esters is 1. The third-order valence-corrected chi connectivity index (χ3v) is 9.29. The Kier molecular flexibility index (Phi) is 5.67. The number of hydrogen-bond donors (Lipinski definition) is 1. The van der Waals surface area contributed by atoms with Gasteiger partial charge in [-0.05, 0) is 52.0 Å². The summed E-state index contributed by atoms with van der Waals surface area (Å²) in [5.41, 5.74) is -1.27. The first-order valence-corrected chi connectivity index (χ1v) is 14.3. The number of Topliss-reactive ketones (excluding diaryl/α,β-unsaturated/α-hetero) is 2. The van der Waals surface area contributed by atoms with E-state index in [1.165, 1.54) is 6.07 Å². The fourth-order valence-corrected chi connectivity index (χ4v) is 7.34. The maximum absolute atomic E-state index is 14.4. The number of hydrogen-bond acceptors (Lipinski definition) is 8. The quantitative estimate of drug-likeness (QED) is 0.385. The van der Waals surface area contributed by atoms with Crippen molar-refractivity contribution >= 4 is 23.6 Å². The summed E-state index contributed by atoms with van der Waals surface area (Å²) in [6, 6.07) is 10.1. The van der Waals surface area contributed by atoms with Crippen LogP contribution in [0.3, 0.4) is 0 Å². The van der Waals surface area contributed by atoms with E-state index >= 15 is 0 Å². The third kappa shape index (κ3) is 3.48. The normalized spacial score (nSPS) is 30.8. The Morgan fingerprint density at radius 1 is 1.14 bits per heavy atom. The van der Waals surface area contributed by atoms with Gasteiger partial charge in [0, 0.05) is 35.8 Å². The molecule has 3 aliphatic carbocycles. The Morgan fingerprint density at radius 3 is 2.64 bits per heavy atom. The van der Waals surface area contributed by atoms with Gasteiger partial charge in [-0.15, -0.1) is 0 Å². The average molecular weight is 569 g/mol. The van der Waals surface area contributed by atoms with Gasteiger partial charge in [-0.25, -0.2) is 4.79 Å². The van der Waals surface area contributed by atoms with Gasteiger partial charge in [-0.3, -0.25) is 9.59 Å². The molecule has 1 saturated carbocycles. The van der Waals surface area contributed by atoms with E-state index < -0.39 is 46.3 Å². The Morgan fingerprint density at radius 2 is 1.90 bits per heavy atom. The lowest BCUT2D eigenvalue weighted by atomic mass is 9.49. The van der Waals surface area contributed by atoms with Gasteiger partial charge in [-0.2, -0.15) is 0 Å². The van der Waals surface area contributed by atoms with Crippen LogP contribution in [0.1, 0.15) is 60.4 Å². The lowest BCUT2D eigenvalue weighted by Crippen LogP contribution is -2.74. The summed E-state index contributed by atoms with van der Waals surface area (Å²) in [5.74, 6) is -2.43. The van der Waals surface area contributed by atoms with E-state index in [1.807, 2.05) is 52.0 Å². The number of phenols is 1. The molecule has 6 aliphatic rings. The first-order valence-electron chi connectivity index (χ1n) is 14.3. The monoisotopic (exact) mass is 568 g/mol. The summed E-state index contributed by atoms with van der Waals surface area (Å²) in [6.45, 7) is 7.76. The molecule has 4 bridgehead atoms. The number of allylic oxidation sites excluding steroid dienone is 2. The Labute approximate surface area is 243 Å². The predicted octanol–water partition coefficient (Wildman–Crippen LogP) is 5.24. The Balaban J connectivity index is 1.37. The molecule has 0 radical (unpaired) electrons. The fraction of sp³-hybridized carbons (Fsp3) is 0.382. The molecule has 5 unspecified atom stereocenters. The molecule has 8 heteroatoms. The summed E-state index contributed by atoms with van der Waals surface area (Å²) in [6.07, 6.45) is 7.51. The molecule has 0 amide bonds. The van der Waals surface area contributed by atoms with Crippen LogP contribution < -0.4 is 9.47 Å². The maximum atomic E-state index is 14.4. The zero-order valence-electron chi connectivity index (χ0n) is 23.9. The fourth-order valence-electron chi connectivity index (χ4n) is 7.34. The molecule has 5 atom stereocenters. The van der Waals surface area contributed by atoms with Crippen molar-refractivity contribution in [3.05, 3.63) is 82.5 Å². The van der Waals surface area contributed by atoms with Crippen molar-refractivity contribution in [1.82, 2.24) is 0 Å². The van der Waals surface area contributed by atoms with Crippen LogP contribution >= 0.6 is 0 Å². The van der Waals surface area contributed by atoms with Gasteiger partial charge in [0.05, 0.1) is 24.3 Å². The van der Waals surface area contributed by atoms with Gasteiger partial charge in [-0.1, -0.05) is 35.9 Å². The zero-order valence-corrected chi connectivity index (χ0v) is 23.9. The van der Waals surface area contributed by atoms with Crippen LogP contribution in [0.4, 0.5) is 0 Å². The molecule has 216 valence electrons. The molecule has 1 spiro atoms. The molecule has 3 heterocycles. The van der Waals surface area contributed by atoms with Gasteiger partial charge < -0.3 is 24.1 Å². The topological polar surface area (TPSA) is 108 Å². The molecule has 1 saturated heterocycles. The van der Waals surface area contributed by atoms with Gasteiger partial charge >= 0.3 is 5.97 Å². The van der Waals surface area contributed by atoms with Gasteiger partial charge in [0.15, 0.2) is 22.8 Å². The van der Waals surface area contributed by atoms with Crippen LogP contribution in [0.5, 0.6) is 17.2 Å². The number of carbonyl (C=O) groups excluding carboxylic acids is 3. The second-order valence-corrected chi connectivity index (χ2v) is 12.5. The number of aromatic hydroxyl groups is 1. The number of ketones is 2. The highest BCUT2D eigenvalue weighted by Gasteiger charge is 2.79. The largest absolute Gasteiger partial charge is 0.507 e. The van der Waals surface area contributed by atoms with Crippen LogP contribution in [0.25, 0.3) is 6.08 Å². The molecule has 42 heavy (non-hydrogen) atoms. The van der Waals surface area contributed by atoms with Crippen LogP contribution in [0.2, 0.25) is 0 Å². The van der Waals surface area contributed by atoms with E-state index in [1.54, 1.807) is 30.3 Å². The van der Waals surface area contributed by atoms with Crippen molar-refractivity contribution in [1.29, 1.82) is 0 Å². The summed E-state index contributed by atoms with van der Waals surface area (Å²) >= 11 is 0. The minimum atomic E-state index is -1.47. The van der Waals surface area contributed by atoms with Crippen molar-refractivity contribution in [2.45, 2.75) is 50.9 Å². The Hall–Kier alpha value is -4.17. The number of carbonyl (C=O) groups is 3. The van der Waals surface area contributed by atoms with E-state index in [4.69, 9.17) is 18.9 Å². The molecule has 1 N–H and O–H groups in total. The predicted molar refractivity (Wildman–Crippen MR) is 153 cm³/mol. The molecular weight excluding hydrogens is 536 g/mol. The van der Waals surface area contributed by atoms with E-state index in [0.29, 0.717) is 22.4 Å². The van der Waals surface area contributed by atoms with E-state index in [2.05, 4.69) is 0 Å². The summed E-state index contributed by atoms with van der Waals surface area (Å²) < 4.78 is 25.3. The summed E-state index contributed by atoms with van der Waals surface area (Å²) in [4.78, 5) is 41.6. The zero-order chi connectivity index (χ0) is 29.6. The second-order valence-electron chi connectivity index (χ2n) is 12.5. The number of phenolic OH excluding ortho intramolecular Hbond substituents is 1. The van der Waals surface area contributed by atoms with Crippen molar-refractivity contribution in [2.75, 3.05) is 13.2 Å². The first kappa shape index (κ1) is 26.7. The SMILES string of the molecule is CC(C)=CCC12OCC3C(COC(=O)c4ccccc4)C(C=C4C(=O)c5c(O)cc6c(c5OC431)C=CC(C)(C)O6)C2=O. The average Bonchev–Trinajstić information content (AvgIpc) is 3.23. The van der Waals surface area contributed by atoms with Gasteiger partial charge in [0.25, 0.3) is 0 Å². The summed E-state index contributed by atoms with van der Waals surface area (Å²) in [5, 5.41) is 11.1. The highest BCUT2D eigenvalue weighted by molar-refractivity contribution is 6.18. The molecule has 2 aromatic carbocycles. The van der Waals surface area contributed by atoms with Gasteiger partial charge in [0.1, 0.15) is 28.4 Å². The van der Waals surface area contributed by atoms with E-state index in [0.717, 1.165) is 5.57 Å². The van der Waals surface area contributed by atoms with Crippen LogP contribution in [-0.4, -0.2) is 52.7 Å². The van der Waals surface area contributed by atoms with Gasteiger partial charge in [0.2, 0.25) is 0 Å². The maximum Gasteiger partial charge on any atom is 0.338 e. The lowest BCUT2D eigenvalue weighted by Gasteiger charge is -2.58. The highest BCUT2D eigenvalue weighted by atomic mass is 16.6. The van der Waals surface area contributed by atoms with Crippen molar-refractivity contribution in [3.63, 3.8) is 0 Å². The van der Waals surface area contributed by atoms with Crippen LogP contribution in [0.15, 0.2) is 65.8 Å². The van der Waals surface area contributed by atoms with E-state index in [-0.39, 0.29) is 42.5 Å². The molecular formula is C34H32O8. The number of benzene rings is 2. The number of ether oxygens (including phenoxy) is 4. The van der Waals surface area contributed by atoms with Crippen molar-refractivity contribution in [2.24, 2.45) is 17.8 Å². The van der Waals surface area contributed by atoms with E-state index in [9.17, 15) is 19.5 Å². The van der Waals surface area contributed by atoms with Crippen LogP contribution in [0, 0.1) is 17.8 Å². The highest BCUT2D eigenvalue weighted by Crippen LogP contribution is 2.66. The summed E-state index contributed by atoms with van der Waals surface area (Å²) in [7, 11) is 0. The van der Waals surface area contributed by atoms with Crippen molar-refractivity contribution in [3.8, 4) is 17.2 Å². The molecule has 3 aliphatic heterocycles. The third-order valence-electron chi connectivity index (χ3n) is 9.29. The standard InChI is InChI=1S/C34H32O8/c1-18(2)10-13-33-30(37)21-14-23-28(36)27-25(35)15-26-20(11-12-32(3,4)41-26)29(27)42-34(23,33)24(17-40-33)22(21)16-39-31(38)19-8-6-5-7-9-19/h5-12,14-15,21-22,24,35H,13,16-17H2,1-4H3. The molecule has 2 aromatic rings. The first-order chi connectivity index (χ1) is 20.0. The number of rotatable bonds is 5. The molecule has 8 nitrogen and oxygen atoms in total.